The fourth-order valence-electron chi connectivity index (χ4n) is 2.70. The van der Waals surface area contributed by atoms with Gasteiger partial charge in [-0.3, -0.25) is 14.2 Å². The molecule has 2 aromatic carbocycles. The Morgan fingerprint density at radius 3 is 2.38 bits per heavy atom. The fourth-order valence-corrected chi connectivity index (χ4v) is 2.70. The summed E-state index contributed by atoms with van der Waals surface area (Å²) in [6.45, 7) is 0.291. The molecule has 0 fully saturated rings. The van der Waals surface area contributed by atoms with Crippen LogP contribution in [0.3, 0.4) is 0 Å². The predicted molar refractivity (Wildman–Crippen MR) is 97.0 cm³/mol. The van der Waals surface area contributed by atoms with Crippen LogP contribution in [0.4, 0.5) is 0 Å². The molecule has 0 aliphatic rings. The number of carbonyl (C=O) groups excluding carboxylic acids is 2. The highest BCUT2D eigenvalue weighted by atomic mass is 16.4. The number of amides is 1. The van der Waals surface area contributed by atoms with Gasteiger partial charge in [-0.05, 0) is 29.8 Å². The third kappa shape index (κ3) is 3.97. The second-order valence-corrected chi connectivity index (χ2v) is 5.92. The molecule has 6 nitrogen and oxygen atoms in total. The first-order chi connectivity index (χ1) is 12.5. The van der Waals surface area contributed by atoms with Crippen LogP contribution in [0, 0.1) is 0 Å². The SMILES string of the molecule is O=C(CCC(=O)n1ccc2ccccc21)NCc1ccc(C(=O)O)cc1. The number of para-hydroxylation sites is 1. The number of aromatic nitrogens is 1. The van der Waals surface area contributed by atoms with Gasteiger partial charge in [0.25, 0.3) is 0 Å². The number of nitrogens with zero attached hydrogens (tertiary/aromatic N) is 1. The van der Waals surface area contributed by atoms with Crippen molar-refractivity contribution >= 4 is 28.7 Å². The molecule has 1 heterocycles. The van der Waals surface area contributed by atoms with Crippen molar-refractivity contribution in [1.29, 1.82) is 0 Å². The van der Waals surface area contributed by atoms with Crippen LogP contribution in [-0.4, -0.2) is 27.5 Å². The van der Waals surface area contributed by atoms with E-state index in [-0.39, 0.29) is 30.2 Å². The molecule has 0 unspecified atom stereocenters. The number of aromatic carboxylic acids is 1. The van der Waals surface area contributed by atoms with Gasteiger partial charge in [-0.15, -0.1) is 0 Å². The Morgan fingerprint density at radius 2 is 1.65 bits per heavy atom. The fraction of sp³-hybridized carbons (Fsp3) is 0.150. The van der Waals surface area contributed by atoms with E-state index in [1.807, 2.05) is 30.3 Å². The number of hydrogen-bond acceptors (Lipinski definition) is 3. The van der Waals surface area contributed by atoms with E-state index in [1.165, 1.54) is 12.1 Å². The maximum Gasteiger partial charge on any atom is 0.335 e. The molecule has 132 valence electrons. The standard InChI is InChI=1S/C20H18N2O4/c23-18(21-13-14-5-7-16(8-6-14)20(25)26)9-10-19(24)22-12-11-15-3-1-2-4-17(15)22/h1-8,11-12H,9-10,13H2,(H,21,23)(H,25,26). The van der Waals surface area contributed by atoms with Gasteiger partial charge in [0.15, 0.2) is 0 Å². The Labute approximate surface area is 150 Å². The molecule has 6 heteroatoms. The smallest absolute Gasteiger partial charge is 0.335 e. The van der Waals surface area contributed by atoms with Crippen molar-refractivity contribution in [2.24, 2.45) is 0 Å². The summed E-state index contributed by atoms with van der Waals surface area (Å²) in [7, 11) is 0. The molecule has 0 aliphatic heterocycles. The quantitative estimate of drug-likeness (QED) is 0.715. The molecule has 0 saturated heterocycles. The van der Waals surface area contributed by atoms with Gasteiger partial charge >= 0.3 is 5.97 Å². The van der Waals surface area contributed by atoms with E-state index >= 15 is 0 Å². The van der Waals surface area contributed by atoms with E-state index in [4.69, 9.17) is 5.11 Å². The minimum atomic E-state index is -0.989. The average molecular weight is 350 g/mol. The number of hydrogen-bond donors (Lipinski definition) is 2. The molecule has 1 aromatic heterocycles. The number of nitrogens with one attached hydrogen (secondary N) is 1. The van der Waals surface area contributed by atoms with Gasteiger partial charge < -0.3 is 10.4 Å². The van der Waals surface area contributed by atoms with Crippen LogP contribution in [0.5, 0.6) is 0 Å². The van der Waals surface area contributed by atoms with E-state index < -0.39 is 5.97 Å². The summed E-state index contributed by atoms with van der Waals surface area (Å²) in [5.41, 5.74) is 1.83. The summed E-state index contributed by atoms with van der Waals surface area (Å²) in [5, 5.41) is 12.6. The molecule has 2 N–H and O–H groups in total. The van der Waals surface area contributed by atoms with Crippen LogP contribution in [0.15, 0.2) is 60.8 Å². The first-order valence-corrected chi connectivity index (χ1v) is 8.23. The van der Waals surface area contributed by atoms with Crippen molar-refractivity contribution in [3.63, 3.8) is 0 Å². The van der Waals surface area contributed by atoms with Crippen molar-refractivity contribution in [2.45, 2.75) is 19.4 Å². The lowest BCUT2D eigenvalue weighted by molar-refractivity contribution is -0.121. The van der Waals surface area contributed by atoms with Crippen LogP contribution in [0.25, 0.3) is 10.9 Å². The van der Waals surface area contributed by atoms with Gasteiger partial charge in [-0.25, -0.2) is 4.79 Å². The second kappa shape index (κ2) is 7.65. The second-order valence-electron chi connectivity index (χ2n) is 5.92. The first kappa shape index (κ1) is 17.4. The number of carboxylic acid groups (broad SMARTS) is 1. The Hall–Kier alpha value is -3.41. The highest BCUT2D eigenvalue weighted by Gasteiger charge is 2.11. The number of fused-ring (bicyclic) bond motifs is 1. The highest BCUT2D eigenvalue weighted by molar-refractivity contribution is 5.94. The number of benzene rings is 2. The lowest BCUT2D eigenvalue weighted by Gasteiger charge is -2.07. The van der Waals surface area contributed by atoms with Gasteiger partial charge in [0.1, 0.15) is 0 Å². The van der Waals surface area contributed by atoms with E-state index in [9.17, 15) is 14.4 Å². The first-order valence-electron chi connectivity index (χ1n) is 8.23. The highest BCUT2D eigenvalue weighted by Crippen LogP contribution is 2.15. The molecule has 0 bridgehead atoms. The summed E-state index contributed by atoms with van der Waals surface area (Å²) in [6, 6.07) is 15.7. The normalized spacial score (nSPS) is 10.6. The van der Waals surface area contributed by atoms with Crippen LogP contribution in [-0.2, 0) is 11.3 Å². The molecular formula is C20H18N2O4. The van der Waals surface area contributed by atoms with E-state index in [0.29, 0.717) is 6.54 Å². The maximum atomic E-state index is 12.3. The molecular weight excluding hydrogens is 332 g/mol. The Balaban J connectivity index is 1.50. The number of carbonyl (C=O) groups is 3. The van der Waals surface area contributed by atoms with Gasteiger partial charge in [0, 0.05) is 31.0 Å². The van der Waals surface area contributed by atoms with Crippen LogP contribution in [0.1, 0.15) is 33.6 Å². The lowest BCUT2D eigenvalue weighted by atomic mass is 10.1. The van der Waals surface area contributed by atoms with Crippen molar-refractivity contribution < 1.29 is 19.5 Å². The average Bonchev–Trinajstić information content (AvgIpc) is 3.09. The largest absolute Gasteiger partial charge is 0.478 e. The van der Waals surface area contributed by atoms with E-state index in [0.717, 1.165) is 16.5 Å². The molecule has 0 saturated carbocycles. The van der Waals surface area contributed by atoms with Crippen LogP contribution >= 0.6 is 0 Å². The molecule has 0 aliphatic carbocycles. The minimum absolute atomic E-state index is 0.0958. The molecule has 0 spiro atoms. The molecule has 3 rings (SSSR count). The summed E-state index contributed by atoms with van der Waals surface area (Å²) < 4.78 is 1.56. The monoisotopic (exact) mass is 350 g/mol. The van der Waals surface area contributed by atoms with E-state index in [2.05, 4.69) is 5.32 Å². The van der Waals surface area contributed by atoms with Crippen molar-refractivity contribution in [3.8, 4) is 0 Å². The lowest BCUT2D eigenvalue weighted by Crippen LogP contribution is -2.24. The summed E-state index contributed by atoms with van der Waals surface area (Å²) in [5.74, 6) is -1.35. The topological polar surface area (TPSA) is 88.4 Å². The van der Waals surface area contributed by atoms with Crippen molar-refractivity contribution in [2.75, 3.05) is 0 Å². The third-order valence-electron chi connectivity index (χ3n) is 4.12. The van der Waals surface area contributed by atoms with Crippen LogP contribution < -0.4 is 5.32 Å². The van der Waals surface area contributed by atoms with Gasteiger partial charge in [0.2, 0.25) is 11.8 Å². The van der Waals surface area contributed by atoms with Gasteiger partial charge in [0.05, 0.1) is 11.1 Å². The van der Waals surface area contributed by atoms with Crippen molar-refractivity contribution in [1.82, 2.24) is 9.88 Å². The zero-order valence-electron chi connectivity index (χ0n) is 14.0. The number of carboxylic acids is 1. The van der Waals surface area contributed by atoms with E-state index in [1.54, 1.807) is 22.9 Å². The third-order valence-corrected chi connectivity index (χ3v) is 4.12. The summed E-state index contributed by atoms with van der Waals surface area (Å²) in [4.78, 5) is 35.1. The summed E-state index contributed by atoms with van der Waals surface area (Å²) in [6.07, 6.45) is 1.93. The zero-order valence-corrected chi connectivity index (χ0v) is 14.0. The van der Waals surface area contributed by atoms with Gasteiger partial charge in [-0.1, -0.05) is 30.3 Å². The molecule has 1 amide bonds. The molecule has 0 atom stereocenters. The van der Waals surface area contributed by atoms with Crippen LogP contribution in [0.2, 0.25) is 0 Å². The zero-order chi connectivity index (χ0) is 18.5. The Morgan fingerprint density at radius 1 is 0.923 bits per heavy atom. The predicted octanol–water partition coefficient (Wildman–Crippen LogP) is 3.08. The Bertz CT molecular complexity index is 957. The number of rotatable bonds is 6. The molecule has 0 radical (unpaired) electrons. The maximum absolute atomic E-state index is 12.3. The molecule has 26 heavy (non-hydrogen) atoms. The Kier molecular flexibility index (Phi) is 5.12. The summed E-state index contributed by atoms with van der Waals surface area (Å²) >= 11 is 0. The minimum Gasteiger partial charge on any atom is -0.478 e. The molecule has 3 aromatic rings. The van der Waals surface area contributed by atoms with Crippen molar-refractivity contribution in [3.05, 3.63) is 71.9 Å². The van der Waals surface area contributed by atoms with Gasteiger partial charge in [-0.2, -0.15) is 0 Å².